The Balaban J connectivity index is 1.38. The van der Waals surface area contributed by atoms with Crippen LogP contribution in [0.3, 0.4) is 0 Å². The van der Waals surface area contributed by atoms with E-state index >= 15 is 4.39 Å². The molecule has 0 unspecified atom stereocenters. The van der Waals surface area contributed by atoms with Crippen LogP contribution >= 0.6 is 22.9 Å². The number of hydrogen-bond donors (Lipinski definition) is 1. The van der Waals surface area contributed by atoms with Gasteiger partial charge in [-0.3, -0.25) is 9.80 Å². The lowest BCUT2D eigenvalue weighted by atomic mass is 9.95. The number of nitrogen functional groups attached to an aromatic ring is 1. The van der Waals surface area contributed by atoms with Crippen molar-refractivity contribution in [1.82, 2.24) is 24.8 Å². The lowest BCUT2D eigenvalue weighted by Gasteiger charge is -2.35. The molecule has 40 heavy (non-hydrogen) atoms. The fraction of sp³-hybridized carbons (Fsp3) is 0.464. The van der Waals surface area contributed by atoms with Crippen molar-refractivity contribution in [1.29, 1.82) is 0 Å². The highest BCUT2D eigenvalue weighted by atomic mass is 35.5. The van der Waals surface area contributed by atoms with Crippen molar-refractivity contribution in [3.63, 3.8) is 0 Å². The van der Waals surface area contributed by atoms with Crippen LogP contribution in [-0.4, -0.2) is 76.8 Å². The summed E-state index contributed by atoms with van der Waals surface area (Å²) in [5.41, 5.74) is 6.74. The highest BCUT2D eigenvalue weighted by molar-refractivity contribution is 7.22. The van der Waals surface area contributed by atoms with E-state index in [1.807, 2.05) is 7.05 Å². The minimum absolute atomic E-state index is 0.00219. The fourth-order valence-corrected chi connectivity index (χ4v) is 7.76. The smallest absolute Gasteiger partial charge is 0.319 e. The SMILES string of the molecule is CN1CCCN(c2nc(OCC34CCCN3CCC4)nc3c(F)c(-c4ccc(F)c5sc(N)nc45)c(Cl)cc23)C1. The molecule has 2 N–H and O–H groups in total. The fourth-order valence-electron chi connectivity index (χ4n) is 6.70. The van der Waals surface area contributed by atoms with Crippen LogP contribution in [0.15, 0.2) is 18.2 Å². The monoisotopic (exact) mass is 585 g/mol. The molecule has 0 amide bonds. The lowest BCUT2D eigenvalue weighted by molar-refractivity contribution is 0.108. The summed E-state index contributed by atoms with van der Waals surface area (Å²) in [7, 11) is 2.05. The number of hydrogen-bond acceptors (Lipinski definition) is 9. The van der Waals surface area contributed by atoms with E-state index < -0.39 is 11.6 Å². The third-order valence-electron chi connectivity index (χ3n) is 8.58. The van der Waals surface area contributed by atoms with Gasteiger partial charge in [0.05, 0.1) is 27.4 Å². The Kier molecular flexibility index (Phi) is 6.45. The highest BCUT2D eigenvalue weighted by Gasteiger charge is 2.45. The van der Waals surface area contributed by atoms with E-state index in [9.17, 15) is 4.39 Å². The third-order valence-corrected chi connectivity index (χ3v) is 9.78. The van der Waals surface area contributed by atoms with E-state index in [0.717, 1.165) is 69.6 Å². The van der Waals surface area contributed by atoms with Gasteiger partial charge < -0.3 is 15.4 Å². The zero-order chi connectivity index (χ0) is 27.6. The zero-order valence-corrected chi connectivity index (χ0v) is 23.8. The summed E-state index contributed by atoms with van der Waals surface area (Å²) in [5, 5.41) is 0.867. The number of halogens is 3. The molecular formula is C28H30ClF2N7OS. The molecule has 3 saturated heterocycles. The van der Waals surface area contributed by atoms with E-state index in [0.29, 0.717) is 30.0 Å². The van der Waals surface area contributed by atoms with Crippen molar-refractivity contribution in [2.24, 2.45) is 0 Å². The van der Waals surface area contributed by atoms with Crippen LogP contribution in [0, 0.1) is 11.6 Å². The molecule has 4 aromatic rings. The molecule has 0 bridgehead atoms. The Hall–Kier alpha value is -2.86. The van der Waals surface area contributed by atoms with E-state index in [1.54, 1.807) is 6.07 Å². The van der Waals surface area contributed by atoms with E-state index in [-0.39, 0.29) is 43.0 Å². The first kappa shape index (κ1) is 26.1. The van der Waals surface area contributed by atoms with Gasteiger partial charge in [-0.05, 0) is 70.4 Å². The quantitative estimate of drug-likeness (QED) is 0.327. The van der Waals surface area contributed by atoms with Crippen LogP contribution < -0.4 is 15.4 Å². The average Bonchev–Trinajstić information content (AvgIpc) is 3.63. The number of benzene rings is 2. The Bertz CT molecular complexity index is 1620. The van der Waals surface area contributed by atoms with Crippen LogP contribution in [0.5, 0.6) is 6.01 Å². The molecule has 0 atom stereocenters. The molecule has 5 heterocycles. The number of fused-ring (bicyclic) bond motifs is 3. The van der Waals surface area contributed by atoms with Gasteiger partial charge in [-0.15, -0.1) is 0 Å². The molecule has 210 valence electrons. The maximum atomic E-state index is 16.6. The van der Waals surface area contributed by atoms with Gasteiger partial charge in [0, 0.05) is 29.6 Å². The molecule has 3 aliphatic heterocycles. The van der Waals surface area contributed by atoms with Crippen molar-refractivity contribution in [3.05, 3.63) is 34.9 Å². The Morgan fingerprint density at radius 1 is 1.05 bits per heavy atom. The van der Waals surface area contributed by atoms with Crippen LogP contribution in [0.25, 0.3) is 32.2 Å². The topological polar surface area (TPSA) is 83.6 Å². The first-order valence-electron chi connectivity index (χ1n) is 13.7. The molecule has 3 aliphatic rings. The first-order valence-corrected chi connectivity index (χ1v) is 14.9. The number of nitrogens with zero attached hydrogens (tertiary/aromatic N) is 6. The number of ether oxygens (including phenoxy) is 1. The number of nitrogens with two attached hydrogens (primary N) is 1. The molecule has 8 nitrogen and oxygen atoms in total. The van der Waals surface area contributed by atoms with Crippen molar-refractivity contribution in [2.45, 2.75) is 37.6 Å². The third kappa shape index (κ3) is 4.25. The normalized spacial score (nSPS) is 19.6. The van der Waals surface area contributed by atoms with Gasteiger partial charge in [-0.1, -0.05) is 22.9 Å². The van der Waals surface area contributed by atoms with Gasteiger partial charge in [-0.25, -0.2) is 13.8 Å². The summed E-state index contributed by atoms with van der Waals surface area (Å²) >= 11 is 7.78. The molecule has 0 aliphatic carbocycles. The van der Waals surface area contributed by atoms with Crippen molar-refractivity contribution >= 4 is 55.0 Å². The zero-order valence-electron chi connectivity index (χ0n) is 22.2. The maximum Gasteiger partial charge on any atom is 0.319 e. The minimum atomic E-state index is -0.623. The maximum absolute atomic E-state index is 16.6. The Morgan fingerprint density at radius 2 is 1.85 bits per heavy atom. The van der Waals surface area contributed by atoms with Crippen LogP contribution in [0.1, 0.15) is 32.1 Å². The predicted octanol–water partition coefficient (Wildman–Crippen LogP) is 5.53. The molecule has 0 radical (unpaired) electrons. The van der Waals surface area contributed by atoms with Gasteiger partial charge in [0.25, 0.3) is 0 Å². The van der Waals surface area contributed by atoms with E-state index in [4.69, 9.17) is 27.1 Å². The van der Waals surface area contributed by atoms with Crippen LogP contribution in [0.2, 0.25) is 5.02 Å². The predicted molar refractivity (Wildman–Crippen MR) is 155 cm³/mol. The summed E-state index contributed by atoms with van der Waals surface area (Å²) in [6, 6.07) is 4.62. The second kappa shape index (κ2) is 9.90. The molecule has 2 aromatic carbocycles. The van der Waals surface area contributed by atoms with Gasteiger partial charge in [0.15, 0.2) is 10.9 Å². The van der Waals surface area contributed by atoms with Gasteiger partial charge in [-0.2, -0.15) is 9.97 Å². The number of thiazole rings is 1. The lowest BCUT2D eigenvalue weighted by Crippen LogP contribution is -2.44. The van der Waals surface area contributed by atoms with Crippen LogP contribution in [-0.2, 0) is 0 Å². The molecule has 7 rings (SSSR count). The van der Waals surface area contributed by atoms with E-state index in [2.05, 4.69) is 24.7 Å². The molecular weight excluding hydrogens is 556 g/mol. The summed E-state index contributed by atoms with van der Waals surface area (Å²) in [6.45, 7) is 5.01. The summed E-state index contributed by atoms with van der Waals surface area (Å²) in [4.78, 5) is 20.5. The standard InChI is InChI=1S/C28H30ClF2N7OS/c1-36-9-4-10-37(15-36)25-17-13-18(29)20(16-5-6-19(30)24-23(16)33-26(32)40-24)21(31)22(17)34-27(35-25)39-14-28-7-2-11-38(28)12-3-8-28/h5-6,13H,2-4,7-12,14-15H2,1H3,(H2,32,33). The van der Waals surface area contributed by atoms with E-state index in [1.165, 1.54) is 12.1 Å². The second-order valence-corrected chi connectivity index (χ2v) is 12.6. The molecule has 3 fully saturated rings. The van der Waals surface area contributed by atoms with Crippen molar-refractivity contribution in [2.75, 3.05) is 57.1 Å². The average molecular weight is 586 g/mol. The summed E-state index contributed by atoms with van der Waals surface area (Å²) in [6.07, 6.45) is 5.41. The molecule has 2 aromatic heterocycles. The van der Waals surface area contributed by atoms with Crippen molar-refractivity contribution < 1.29 is 13.5 Å². The second-order valence-electron chi connectivity index (χ2n) is 11.1. The van der Waals surface area contributed by atoms with Crippen LogP contribution in [0.4, 0.5) is 19.7 Å². The first-order chi connectivity index (χ1) is 19.3. The Morgan fingerprint density at radius 3 is 2.62 bits per heavy atom. The highest BCUT2D eigenvalue weighted by Crippen LogP contribution is 2.43. The molecule has 12 heteroatoms. The van der Waals surface area contributed by atoms with Gasteiger partial charge >= 0.3 is 6.01 Å². The van der Waals surface area contributed by atoms with Crippen molar-refractivity contribution in [3.8, 4) is 17.1 Å². The molecule has 0 spiro atoms. The largest absolute Gasteiger partial charge is 0.461 e. The summed E-state index contributed by atoms with van der Waals surface area (Å²) < 4.78 is 37.7. The number of rotatable bonds is 5. The van der Waals surface area contributed by atoms with Gasteiger partial charge in [0.2, 0.25) is 0 Å². The van der Waals surface area contributed by atoms with Gasteiger partial charge in [0.1, 0.15) is 23.8 Å². The molecule has 0 saturated carbocycles. The number of aromatic nitrogens is 3. The summed E-state index contributed by atoms with van der Waals surface area (Å²) in [5.74, 6) is -0.498. The minimum Gasteiger partial charge on any atom is -0.461 e. The Labute approximate surface area is 239 Å². The number of anilines is 2.